The molecule has 1 rings (SSSR count). The third-order valence-corrected chi connectivity index (χ3v) is 2.59. The molecule has 0 saturated heterocycles. The highest BCUT2D eigenvalue weighted by Gasteiger charge is 2.13. The van der Waals surface area contributed by atoms with Crippen LogP contribution in [0.5, 0.6) is 0 Å². The van der Waals surface area contributed by atoms with Gasteiger partial charge in [-0.2, -0.15) is 0 Å². The normalized spacial score (nSPS) is 13.7. The number of hydrogen-bond acceptors (Lipinski definition) is 2. The summed E-state index contributed by atoms with van der Waals surface area (Å²) in [5.74, 6) is -1.84. The monoisotopic (exact) mass is 272 g/mol. The lowest BCUT2D eigenvalue weighted by Gasteiger charge is -2.18. The molecule has 0 aromatic heterocycles. The largest absolute Gasteiger partial charge is 0.383 e. The van der Waals surface area contributed by atoms with Crippen LogP contribution < -0.4 is 10.6 Å². The van der Waals surface area contributed by atoms with E-state index in [-0.39, 0.29) is 12.1 Å². The molecule has 0 aliphatic carbocycles. The van der Waals surface area contributed by atoms with Crippen LogP contribution in [0.15, 0.2) is 18.2 Å². The fraction of sp³-hybridized carbons (Fsp3) is 0.462. The summed E-state index contributed by atoms with van der Waals surface area (Å²) in [6.07, 6.45) is 0. The number of urea groups is 1. The standard InChI is InChI=1S/C13H18F2N2O2/c1-8(7-19-3)16-13(18)17-9(2)10-4-5-11(14)12(15)6-10/h4-6,8-9H,7H2,1-3H3,(H2,16,17,18). The molecule has 0 saturated carbocycles. The van der Waals surface area contributed by atoms with Crippen LogP contribution >= 0.6 is 0 Å². The van der Waals surface area contributed by atoms with Crippen molar-refractivity contribution in [1.29, 1.82) is 0 Å². The second kappa shape index (κ2) is 7.04. The van der Waals surface area contributed by atoms with Gasteiger partial charge in [-0.05, 0) is 31.5 Å². The van der Waals surface area contributed by atoms with Crippen molar-refractivity contribution in [3.63, 3.8) is 0 Å². The van der Waals surface area contributed by atoms with Crippen molar-refractivity contribution < 1.29 is 18.3 Å². The van der Waals surface area contributed by atoms with Gasteiger partial charge in [-0.15, -0.1) is 0 Å². The quantitative estimate of drug-likeness (QED) is 0.864. The van der Waals surface area contributed by atoms with Crippen molar-refractivity contribution >= 4 is 6.03 Å². The lowest BCUT2D eigenvalue weighted by Crippen LogP contribution is -2.43. The number of rotatable bonds is 5. The number of carbonyl (C=O) groups is 1. The number of nitrogens with one attached hydrogen (secondary N) is 2. The summed E-state index contributed by atoms with van der Waals surface area (Å²) < 4.78 is 30.7. The summed E-state index contributed by atoms with van der Waals surface area (Å²) in [4.78, 5) is 11.6. The molecule has 0 heterocycles. The van der Waals surface area contributed by atoms with E-state index in [9.17, 15) is 13.6 Å². The summed E-state index contributed by atoms with van der Waals surface area (Å²) in [5.41, 5.74) is 0.494. The molecule has 0 aliphatic rings. The van der Waals surface area contributed by atoms with Gasteiger partial charge in [-0.3, -0.25) is 0 Å². The molecular weight excluding hydrogens is 254 g/mol. The Kier molecular flexibility index (Phi) is 5.69. The number of carbonyl (C=O) groups excluding carboxylic acids is 1. The molecule has 0 radical (unpaired) electrons. The van der Waals surface area contributed by atoms with Gasteiger partial charge in [0.15, 0.2) is 11.6 Å². The summed E-state index contributed by atoms with van der Waals surface area (Å²) in [6.45, 7) is 3.88. The predicted octanol–water partition coefficient (Wildman–Crippen LogP) is 2.36. The minimum absolute atomic E-state index is 0.137. The van der Waals surface area contributed by atoms with E-state index in [1.807, 2.05) is 0 Å². The maximum atomic E-state index is 13.1. The molecule has 1 aromatic rings. The highest BCUT2D eigenvalue weighted by Crippen LogP contribution is 2.15. The molecule has 2 atom stereocenters. The van der Waals surface area contributed by atoms with E-state index in [0.29, 0.717) is 12.2 Å². The first-order valence-electron chi connectivity index (χ1n) is 5.95. The van der Waals surface area contributed by atoms with E-state index in [1.54, 1.807) is 21.0 Å². The molecule has 0 fully saturated rings. The Labute approximate surface area is 111 Å². The van der Waals surface area contributed by atoms with Gasteiger partial charge in [0.1, 0.15) is 0 Å². The minimum atomic E-state index is -0.931. The Balaban J connectivity index is 2.56. The molecule has 0 aliphatic heterocycles. The maximum absolute atomic E-state index is 13.1. The summed E-state index contributed by atoms with van der Waals surface area (Å²) in [7, 11) is 1.54. The fourth-order valence-corrected chi connectivity index (χ4v) is 1.62. The second-order valence-electron chi connectivity index (χ2n) is 4.37. The number of methoxy groups -OCH3 is 1. The average molecular weight is 272 g/mol. The second-order valence-corrected chi connectivity index (χ2v) is 4.37. The third-order valence-electron chi connectivity index (χ3n) is 2.59. The van der Waals surface area contributed by atoms with Crippen LogP contribution in [0.2, 0.25) is 0 Å². The van der Waals surface area contributed by atoms with Crippen LogP contribution in [-0.4, -0.2) is 25.8 Å². The van der Waals surface area contributed by atoms with Gasteiger partial charge in [-0.25, -0.2) is 13.6 Å². The maximum Gasteiger partial charge on any atom is 0.315 e. The zero-order valence-electron chi connectivity index (χ0n) is 11.2. The van der Waals surface area contributed by atoms with Crippen LogP contribution in [0.3, 0.4) is 0 Å². The molecule has 0 spiro atoms. The summed E-state index contributed by atoms with van der Waals surface area (Å²) in [5, 5.41) is 5.30. The zero-order chi connectivity index (χ0) is 14.4. The summed E-state index contributed by atoms with van der Waals surface area (Å²) >= 11 is 0. The Morgan fingerprint density at radius 1 is 1.26 bits per heavy atom. The molecule has 6 heteroatoms. The van der Waals surface area contributed by atoms with Gasteiger partial charge in [0.25, 0.3) is 0 Å². The number of benzene rings is 1. The Morgan fingerprint density at radius 3 is 2.53 bits per heavy atom. The van der Waals surface area contributed by atoms with E-state index in [0.717, 1.165) is 12.1 Å². The van der Waals surface area contributed by atoms with Gasteiger partial charge < -0.3 is 15.4 Å². The first-order chi connectivity index (χ1) is 8.93. The van der Waals surface area contributed by atoms with Crippen LogP contribution in [0.4, 0.5) is 13.6 Å². The van der Waals surface area contributed by atoms with Gasteiger partial charge in [0.2, 0.25) is 0 Å². The van der Waals surface area contributed by atoms with Crippen LogP contribution in [0.25, 0.3) is 0 Å². The van der Waals surface area contributed by atoms with E-state index in [1.165, 1.54) is 6.07 Å². The number of halogens is 2. The first kappa shape index (κ1) is 15.4. The molecule has 2 unspecified atom stereocenters. The van der Waals surface area contributed by atoms with Crippen molar-refractivity contribution in [2.75, 3.05) is 13.7 Å². The van der Waals surface area contributed by atoms with E-state index in [2.05, 4.69) is 10.6 Å². The van der Waals surface area contributed by atoms with Crippen LogP contribution in [-0.2, 0) is 4.74 Å². The Hall–Kier alpha value is -1.69. The zero-order valence-corrected chi connectivity index (χ0v) is 11.2. The van der Waals surface area contributed by atoms with Gasteiger partial charge >= 0.3 is 6.03 Å². The lowest BCUT2D eigenvalue weighted by atomic mass is 10.1. The average Bonchev–Trinajstić information content (AvgIpc) is 2.32. The van der Waals surface area contributed by atoms with E-state index in [4.69, 9.17) is 4.74 Å². The van der Waals surface area contributed by atoms with E-state index < -0.39 is 17.7 Å². The highest BCUT2D eigenvalue weighted by molar-refractivity contribution is 5.74. The van der Waals surface area contributed by atoms with Gasteiger partial charge in [0.05, 0.1) is 18.7 Å². The molecule has 19 heavy (non-hydrogen) atoms. The van der Waals surface area contributed by atoms with E-state index >= 15 is 0 Å². The third kappa shape index (κ3) is 4.82. The van der Waals surface area contributed by atoms with Crippen LogP contribution in [0.1, 0.15) is 25.5 Å². The van der Waals surface area contributed by atoms with Gasteiger partial charge in [-0.1, -0.05) is 6.07 Å². The lowest BCUT2D eigenvalue weighted by molar-refractivity contribution is 0.170. The molecule has 1 aromatic carbocycles. The fourth-order valence-electron chi connectivity index (χ4n) is 1.62. The number of amides is 2. The summed E-state index contributed by atoms with van der Waals surface area (Å²) in [6, 6.07) is 2.59. The minimum Gasteiger partial charge on any atom is -0.383 e. The molecule has 4 nitrogen and oxygen atoms in total. The van der Waals surface area contributed by atoms with Gasteiger partial charge in [0, 0.05) is 7.11 Å². The molecule has 0 bridgehead atoms. The van der Waals surface area contributed by atoms with Crippen LogP contribution in [0, 0.1) is 11.6 Å². The number of hydrogen-bond donors (Lipinski definition) is 2. The highest BCUT2D eigenvalue weighted by atomic mass is 19.2. The first-order valence-corrected chi connectivity index (χ1v) is 5.95. The molecule has 2 amide bonds. The Morgan fingerprint density at radius 2 is 1.95 bits per heavy atom. The SMILES string of the molecule is COCC(C)NC(=O)NC(C)c1ccc(F)c(F)c1. The van der Waals surface area contributed by atoms with Crippen molar-refractivity contribution in [3.05, 3.63) is 35.4 Å². The van der Waals surface area contributed by atoms with Crippen molar-refractivity contribution in [1.82, 2.24) is 10.6 Å². The molecule has 2 N–H and O–H groups in total. The molecule has 106 valence electrons. The smallest absolute Gasteiger partial charge is 0.315 e. The van der Waals surface area contributed by atoms with Crippen molar-refractivity contribution in [3.8, 4) is 0 Å². The Bertz CT molecular complexity index is 441. The predicted molar refractivity (Wildman–Crippen MR) is 67.8 cm³/mol. The van der Waals surface area contributed by atoms with Crippen molar-refractivity contribution in [2.45, 2.75) is 25.9 Å². The number of ether oxygens (including phenoxy) is 1. The topological polar surface area (TPSA) is 50.4 Å². The molecular formula is C13H18F2N2O2. The van der Waals surface area contributed by atoms with Crippen molar-refractivity contribution in [2.24, 2.45) is 0 Å².